The van der Waals surface area contributed by atoms with Crippen LogP contribution in [0.25, 0.3) is 0 Å². The van der Waals surface area contributed by atoms with Crippen LogP contribution < -0.4 is 10.9 Å². The first kappa shape index (κ1) is 13.7. The molecule has 4 nitrogen and oxygen atoms in total. The molecule has 2 rings (SSSR count). The van der Waals surface area contributed by atoms with Gasteiger partial charge < -0.3 is 5.32 Å². The molecule has 1 aliphatic heterocycles. The molecule has 0 fully saturated rings. The van der Waals surface area contributed by atoms with E-state index in [1.807, 2.05) is 33.1 Å². The summed E-state index contributed by atoms with van der Waals surface area (Å²) in [5, 5.41) is 3.31. The first-order valence-electron chi connectivity index (χ1n) is 5.75. The Balaban J connectivity index is 2.71. The third-order valence-corrected chi connectivity index (χ3v) is 4.13. The molecule has 0 bridgehead atoms. The highest BCUT2D eigenvalue weighted by Gasteiger charge is 2.23. The Kier molecular flexibility index (Phi) is 3.87. The van der Waals surface area contributed by atoms with Crippen molar-refractivity contribution in [1.82, 2.24) is 4.57 Å². The van der Waals surface area contributed by atoms with E-state index in [1.165, 1.54) is 0 Å². The van der Waals surface area contributed by atoms with E-state index in [4.69, 9.17) is 0 Å². The van der Waals surface area contributed by atoms with Crippen molar-refractivity contribution < 1.29 is 0 Å². The average Bonchev–Trinajstić information content (AvgIpc) is 2.31. The van der Waals surface area contributed by atoms with Gasteiger partial charge in [0.1, 0.15) is 5.82 Å². The van der Waals surface area contributed by atoms with Gasteiger partial charge >= 0.3 is 0 Å². The maximum Gasteiger partial charge on any atom is 0.266 e. The Morgan fingerprint density at radius 1 is 1.56 bits per heavy atom. The second kappa shape index (κ2) is 5.09. The first-order chi connectivity index (χ1) is 8.45. The molecule has 1 aliphatic rings. The fraction of sp³-hybridized carbons (Fsp3) is 0.500. The largest absolute Gasteiger partial charge is 0.341 e. The van der Waals surface area contributed by atoms with Gasteiger partial charge in [-0.25, -0.2) is 0 Å². The molecular formula is C12H16BrN3OS. The van der Waals surface area contributed by atoms with Crippen LogP contribution in [0.3, 0.4) is 0 Å². The minimum Gasteiger partial charge on any atom is -0.341 e. The summed E-state index contributed by atoms with van der Waals surface area (Å²) in [7, 11) is 0. The fourth-order valence-electron chi connectivity index (χ4n) is 2.03. The third kappa shape index (κ3) is 2.23. The lowest BCUT2D eigenvalue weighted by Crippen LogP contribution is -2.32. The van der Waals surface area contributed by atoms with Crippen molar-refractivity contribution in [2.45, 2.75) is 32.3 Å². The lowest BCUT2D eigenvalue weighted by molar-refractivity contribution is 0.579. The summed E-state index contributed by atoms with van der Waals surface area (Å²) in [6, 6.07) is 1.95. The van der Waals surface area contributed by atoms with Crippen LogP contribution >= 0.6 is 27.7 Å². The molecule has 1 aromatic rings. The lowest BCUT2D eigenvalue weighted by Gasteiger charge is -2.27. The van der Waals surface area contributed by atoms with Gasteiger partial charge in [0.25, 0.3) is 5.56 Å². The Labute approximate surface area is 119 Å². The predicted octanol–water partition coefficient (Wildman–Crippen LogP) is 3.07. The van der Waals surface area contributed by atoms with Crippen LogP contribution in [-0.2, 0) is 0 Å². The summed E-state index contributed by atoms with van der Waals surface area (Å²) in [5.41, 5.74) is 1.91. The Hall–Kier alpha value is -0.750. The monoisotopic (exact) mass is 329 g/mol. The van der Waals surface area contributed by atoms with E-state index >= 15 is 0 Å². The van der Waals surface area contributed by atoms with Gasteiger partial charge in [-0.3, -0.25) is 14.4 Å². The number of nitrogens with zero attached hydrogens (tertiary/aromatic N) is 2. The molecule has 0 aromatic carbocycles. The summed E-state index contributed by atoms with van der Waals surface area (Å²) in [6.45, 7) is 5.99. The van der Waals surface area contributed by atoms with Crippen LogP contribution in [-0.4, -0.2) is 22.0 Å². The van der Waals surface area contributed by atoms with E-state index in [0.717, 1.165) is 17.1 Å². The molecule has 1 atom stereocenters. The topological polar surface area (TPSA) is 46.4 Å². The highest BCUT2D eigenvalue weighted by molar-refractivity contribution is 9.10. The maximum atomic E-state index is 12.2. The van der Waals surface area contributed by atoms with E-state index in [9.17, 15) is 4.79 Å². The van der Waals surface area contributed by atoms with Crippen LogP contribution in [0.1, 0.15) is 32.4 Å². The Morgan fingerprint density at radius 3 is 2.78 bits per heavy atom. The normalized spacial score (nSPS) is 18.3. The number of hydrogen-bond donors (Lipinski definition) is 1. The summed E-state index contributed by atoms with van der Waals surface area (Å²) in [6.07, 6.45) is 2.00. The molecule has 1 aromatic heterocycles. The first-order valence-corrected chi connectivity index (χ1v) is 7.83. The number of aliphatic imine (C=N–C) groups is 1. The quantitative estimate of drug-likeness (QED) is 0.906. The maximum absolute atomic E-state index is 12.2. The standard InChI is InChI=1S/C12H16BrN3OS/c1-6(2)16-10-8(5-9(13)11(16)17)7(3)14-12(15-10)18-4/h5-6,12,15H,1-4H3. The average molecular weight is 330 g/mol. The molecule has 0 aliphatic carbocycles. The zero-order valence-electron chi connectivity index (χ0n) is 10.8. The van der Waals surface area contributed by atoms with Crippen molar-refractivity contribution in [3.63, 3.8) is 0 Å². The molecule has 0 radical (unpaired) electrons. The number of halogens is 1. The highest BCUT2D eigenvalue weighted by Crippen LogP contribution is 2.28. The number of fused-ring (bicyclic) bond motifs is 1. The van der Waals surface area contributed by atoms with Crippen LogP contribution in [0.4, 0.5) is 5.82 Å². The lowest BCUT2D eigenvalue weighted by atomic mass is 10.1. The van der Waals surface area contributed by atoms with Crippen molar-refractivity contribution in [3.8, 4) is 0 Å². The molecule has 0 spiro atoms. The highest BCUT2D eigenvalue weighted by atomic mass is 79.9. The van der Waals surface area contributed by atoms with E-state index in [-0.39, 0.29) is 17.1 Å². The van der Waals surface area contributed by atoms with Crippen molar-refractivity contribution >= 4 is 39.2 Å². The van der Waals surface area contributed by atoms with Crippen molar-refractivity contribution in [2.75, 3.05) is 11.6 Å². The SMILES string of the molecule is CSC1N=C(C)c2cc(Br)c(=O)n(C(C)C)c2N1. The van der Waals surface area contributed by atoms with Gasteiger partial charge in [-0.15, -0.1) is 11.8 Å². The molecule has 0 saturated heterocycles. The van der Waals surface area contributed by atoms with Gasteiger partial charge in [-0.2, -0.15) is 0 Å². The van der Waals surface area contributed by atoms with E-state index in [0.29, 0.717) is 4.47 Å². The summed E-state index contributed by atoms with van der Waals surface area (Å²) in [5.74, 6) is 0.866. The molecule has 6 heteroatoms. The Bertz CT molecular complexity index is 565. The second-order valence-corrected chi connectivity index (χ2v) is 6.24. The summed E-state index contributed by atoms with van der Waals surface area (Å²) in [4.78, 5) is 16.8. The molecule has 0 saturated carbocycles. The van der Waals surface area contributed by atoms with Gasteiger partial charge in [0.2, 0.25) is 0 Å². The summed E-state index contributed by atoms with van der Waals surface area (Å²) < 4.78 is 2.36. The zero-order chi connectivity index (χ0) is 13.4. The van der Waals surface area contributed by atoms with E-state index < -0.39 is 0 Å². The number of thioether (sulfide) groups is 1. The molecular weight excluding hydrogens is 314 g/mol. The fourth-order valence-corrected chi connectivity index (χ4v) is 2.94. The smallest absolute Gasteiger partial charge is 0.266 e. The van der Waals surface area contributed by atoms with Crippen molar-refractivity contribution in [1.29, 1.82) is 0 Å². The number of anilines is 1. The Morgan fingerprint density at radius 2 is 2.22 bits per heavy atom. The molecule has 1 N–H and O–H groups in total. The van der Waals surface area contributed by atoms with Crippen molar-refractivity contribution in [2.24, 2.45) is 4.99 Å². The number of hydrogen-bond acceptors (Lipinski definition) is 4. The number of nitrogens with one attached hydrogen (secondary N) is 1. The minimum atomic E-state index is -0.0249. The number of pyridine rings is 1. The van der Waals surface area contributed by atoms with Crippen LogP contribution in [0.15, 0.2) is 20.3 Å². The number of aromatic nitrogens is 1. The second-order valence-electron chi connectivity index (χ2n) is 4.47. The van der Waals surface area contributed by atoms with Gasteiger partial charge in [0, 0.05) is 17.3 Å². The van der Waals surface area contributed by atoms with Crippen LogP contribution in [0.2, 0.25) is 0 Å². The molecule has 18 heavy (non-hydrogen) atoms. The number of rotatable bonds is 2. The molecule has 98 valence electrons. The third-order valence-electron chi connectivity index (χ3n) is 2.89. The predicted molar refractivity (Wildman–Crippen MR) is 81.9 cm³/mol. The zero-order valence-corrected chi connectivity index (χ0v) is 13.2. The molecule has 1 unspecified atom stereocenters. The van der Waals surface area contributed by atoms with E-state index in [2.05, 4.69) is 26.2 Å². The molecule has 2 heterocycles. The van der Waals surface area contributed by atoms with Crippen LogP contribution in [0, 0.1) is 0 Å². The van der Waals surface area contributed by atoms with Gasteiger partial charge in [0.15, 0.2) is 5.50 Å². The van der Waals surface area contributed by atoms with Crippen molar-refractivity contribution in [3.05, 3.63) is 26.5 Å². The molecule has 0 amide bonds. The van der Waals surface area contributed by atoms with E-state index in [1.54, 1.807) is 16.3 Å². The van der Waals surface area contributed by atoms with Gasteiger partial charge in [-0.1, -0.05) is 0 Å². The van der Waals surface area contributed by atoms with Gasteiger partial charge in [0.05, 0.1) is 4.47 Å². The van der Waals surface area contributed by atoms with Crippen LogP contribution in [0.5, 0.6) is 0 Å². The summed E-state index contributed by atoms with van der Waals surface area (Å²) >= 11 is 4.95. The van der Waals surface area contributed by atoms with Gasteiger partial charge in [-0.05, 0) is 49.0 Å². The minimum absolute atomic E-state index is 0.00852.